The number of ether oxygens (including phenoxy) is 3. The Labute approximate surface area is 146 Å². The molecule has 0 amide bonds. The molecule has 0 N–H and O–H groups in total. The van der Waals surface area contributed by atoms with Crippen LogP contribution < -0.4 is 4.74 Å². The van der Waals surface area contributed by atoms with Gasteiger partial charge in [-0.05, 0) is 51.8 Å². The van der Waals surface area contributed by atoms with Crippen molar-refractivity contribution in [3.8, 4) is 5.75 Å². The van der Waals surface area contributed by atoms with Crippen molar-refractivity contribution in [2.24, 2.45) is 0 Å². The number of fused-ring (bicyclic) bond motifs is 1. The summed E-state index contributed by atoms with van der Waals surface area (Å²) in [4.78, 5) is 24.3. The van der Waals surface area contributed by atoms with Gasteiger partial charge in [-0.25, -0.2) is 9.59 Å². The first kappa shape index (κ1) is 17.3. The lowest BCUT2D eigenvalue weighted by Crippen LogP contribution is -2.20. The third-order valence-corrected chi connectivity index (χ3v) is 4.26. The van der Waals surface area contributed by atoms with Crippen LogP contribution in [0.5, 0.6) is 5.75 Å². The second-order valence-electron chi connectivity index (χ2n) is 6.56. The lowest BCUT2D eigenvalue weighted by atomic mass is 10.1. The fourth-order valence-electron chi connectivity index (χ4n) is 3.10. The highest BCUT2D eigenvalue weighted by atomic mass is 16.6. The smallest absolute Gasteiger partial charge is 0.344 e. The highest BCUT2D eigenvalue weighted by molar-refractivity contribution is 6.06. The molecule has 0 radical (unpaired) electrons. The van der Waals surface area contributed by atoms with Crippen LogP contribution in [-0.4, -0.2) is 36.3 Å². The van der Waals surface area contributed by atoms with Crippen molar-refractivity contribution >= 4 is 22.8 Å². The molecular formula is C19H23NO5. The number of esters is 2. The predicted octanol–water partition coefficient (Wildman–Crippen LogP) is 3.40. The van der Waals surface area contributed by atoms with Gasteiger partial charge in [-0.1, -0.05) is 0 Å². The van der Waals surface area contributed by atoms with Crippen molar-refractivity contribution in [3.05, 3.63) is 29.5 Å². The monoisotopic (exact) mass is 345 g/mol. The Morgan fingerprint density at radius 3 is 2.60 bits per heavy atom. The van der Waals surface area contributed by atoms with Crippen molar-refractivity contribution in [1.82, 2.24) is 4.57 Å². The van der Waals surface area contributed by atoms with Gasteiger partial charge in [0.2, 0.25) is 0 Å². The Morgan fingerprint density at radius 1 is 1.28 bits per heavy atom. The Kier molecular flexibility index (Phi) is 4.70. The Hall–Kier alpha value is -2.50. The van der Waals surface area contributed by atoms with Crippen molar-refractivity contribution < 1.29 is 23.8 Å². The minimum Gasteiger partial charge on any atom is -0.497 e. The summed E-state index contributed by atoms with van der Waals surface area (Å²) in [6, 6.07) is 6.10. The molecule has 1 aromatic heterocycles. The number of nitrogens with zero attached hydrogens (tertiary/aromatic N) is 1. The second-order valence-corrected chi connectivity index (χ2v) is 6.56. The average molecular weight is 345 g/mol. The van der Waals surface area contributed by atoms with Crippen molar-refractivity contribution in [2.45, 2.75) is 45.8 Å². The molecule has 0 spiro atoms. The van der Waals surface area contributed by atoms with E-state index in [9.17, 15) is 9.59 Å². The number of hydrogen-bond donors (Lipinski definition) is 0. The maximum atomic E-state index is 12.6. The van der Waals surface area contributed by atoms with Crippen LogP contribution in [0, 0.1) is 6.92 Å². The Balaban J connectivity index is 1.92. The normalized spacial score (nSPS) is 14.0. The standard InChI is InChI=1S/C19H23NO5/c1-11(2)25-17(21)10-24-19(22)18-12(3)20(13-5-6-13)16-8-7-14(23-4)9-15(16)18/h7-9,11,13H,5-6,10H2,1-4H3. The van der Waals surface area contributed by atoms with E-state index >= 15 is 0 Å². The van der Waals surface area contributed by atoms with Gasteiger partial charge in [-0.2, -0.15) is 0 Å². The molecule has 0 atom stereocenters. The fourth-order valence-corrected chi connectivity index (χ4v) is 3.10. The summed E-state index contributed by atoms with van der Waals surface area (Å²) in [5.41, 5.74) is 2.32. The molecule has 1 aliphatic carbocycles. The maximum Gasteiger partial charge on any atom is 0.344 e. The van der Waals surface area contributed by atoms with Crippen LogP contribution in [0.2, 0.25) is 0 Å². The SMILES string of the molecule is COc1ccc2c(c1)c(C(=O)OCC(=O)OC(C)C)c(C)n2C1CC1. The zero-order valence-corrected chi connectivity index (χ0v) is 15.0. The molecule has 1 heterocycles. The van der Waals surface area contributed by atoms with Crippen molar-refractivity contribution in [1.29, 1.82) is 0 Å². The van der Waals surface area contributed by atoms with Crippen LogP contribution in [0.1, 0.15) is 48.8 Å². The quantitative estimate of drug-likeness (QED) is 0.751. The van der Waals surface area contributed by atoms with Crippen molar-refractivity contribution in [3.63, 3.8) is 0 Å². The van der Waals surface area contributed by atoms with E-state index in [1.165, 1.54) is 0 Å². The molecule has 25 heavy (non-hydrogen) atoms. The number of benzene rings is 1. The first-order chi connectivity index (χ1) is 11.9. The fraction of sp³-hybridized carbons (Fsp3) is 0.474. The van der Waals surface area contributed by atoms with Crippen LogP contribution in [0.3, 0.4) is 0 Å². The van der Waals surface area contributed by atoms with Crippen LogP contribution >= 0.6 is 0 Å². The van der Waals surface area contributed by atoms with Gasteiger partial charge in [0.15, 0.2) is 6.61 Å². The van der Waals surface area contributed by atoms with Crippen LogP contribution in [0.4, 0.5) is 0 Å². The summed E-state index contributed by atoms with van der Waals surface area (Å²) >= 11 is 0. The highest BCUT2D eigenvalue weighted by Crippen LogP contribution is 2.42. The molecule has 0 unspecified atom stereocenters. The molecule has 0 bridgehead atoms. The highest BCUT2D eigenvalue weighted by Gasteiger charge is 2.31. The molecule has 1 fully saturated rings. The Bertz CT molecular complexity index is 817. The van der Waals surface area contributed by atoms with Gasteiger partial charge in [0, 0.05) is 22.6 Å². The molecule has 2 aromatic rings. The first-order valence-corrected chi connectivity index (χ1v) is 8.47. The van der Waals surface area contributed by atoms with Gasteiger partial charge in [-0.15, -0.1) is 0 Å². The van der Waals surface area contributed by atoms with Crippen LogP contribution in [0.15, 0.2) is 18.2 Å². The maximum absolute atomic E-state index is 12.6. The second kappa shape index (κ2) is 6.78. The van der Waals surface area contributed by atoms with E-state index in [2.05, 4.69) is 4.57 Å². The van der Waals surface area contributed by atoms with Gasteiger partial charge in [0.25, 0.3) is 0 Å². The topological polar surface area (TPSA) is 66.8 Å². The largest absolute Gasteiger partial charge is 0.497 e. The number of aromatic nitrogens is 1. The predicted molar refractivity (Wildman–Crippen MR) is 93.0 cm³/mol. The molecule has 134 valence electrons. The molecule has 3 rings (SSSR count). The van der Waals surface area contributed by atoms with Gasteiger partial charge < -0.3 is 18.8 Å². The summed E-state index contributed by atoms with van der Waals surface area (Å²) in [6.07, 6.45) is 1.96. The van der Waals surface area contributed by atoms with E-state index in [-0.39, 0.29) is 6.10 Å². The number of hydrogen-bond acceptors (Lipinski definition) is 5. The zero-order valence-electron chi connectivity index (χ0n) is 15.0. The van der Waals surface area contributed by atoms with Gasteiger partial charge in [0.05, 0.1) is 18.8 Å². The number of methoxy groups -OCH3 is 1. The molecular weight excluding hydrogens is 322 g/mol. The lowest BCUT2D eigenvalue weighted by molar-refractivity contribution is -0.150. The third-order valence-electron chi connectivity index (χ3n) is 4.26. The first-order valence-electron chi connectivity index (χ1n) is 8.47. The van der Waals surface area contributed by atoms with Crippen LogP contribution in [0.25, 0.3) is 10.9 Å². The number of carbonyl (C=O) groups excluding carboxylic acids is 2. The minimum atomic E-state index is -0.551. The summed E-state index contributed by atoms with van der Waals surface area (Å²) in [6.45, 7) is 5.02. The van der Waals surface area contributed by atoms with E-state index < -0.39 is 18.5 Å². The summed E-state index contributed by atoms with van der Waals surface area (Å²) < 4.78 is 17.7. The number of carbonyl (C=O) groups is 2. The molecule has 6 nitrogen and oxygen atoms in total. The summed E-state index contributed by atoms with van der Waals surface area (Å²) in [5, 5.41) is 0.783. The van der Waals surface area contributed by atoms with Crippen LogP contribution in [-0.2, 0) is 14.3 Å². The Morgan fingerprint density at radius 2 is 2.00 bits per heavy atom. The van der Waals surface area contributed by atoms with Gasteiger partial charge in [0.1, 0.15) is 5.75 Å². The summed E-state index contributed by atoms with van der Waals surface area (Å²) in [7, 11) is 1.59. The zero-order chi connectivity index (χ0) is 18.1. The van der Waals surface area contributed by atoms with E-state index in [4.69, 9.17) is 14.2 Å². The molecule has 1 aromatic carbocycles. The average Bonchev–Trinajstić information content (AvgIpc) is 3.34. The minimum absolute atomic E-state index is 0.242. The van der Waals surface area contributed by atoms with Crippen molar-refractivity contribution in [2.75, 3.05) is 13.7 Å². The molecule has 1 aliphatic rings. The van der Waals surface area contributed by atoms with E-state index in [1.807, 2.05) is 25.1 Å². The van der Waals surface area contributed by atoms with Gasteiger partial charge >= 0.3 is 11.9 Å². The molecule has 6 heteroatoms. The lowest BCUT2D eigenvalue weighted by Gasteiger charge is -2.09. The van der Waals surface area contributed by atoms with E-state index in [1.54, 1.807) is 21.0 Å². The molecule has 1 saturated carbocycles. The number of rotatable bonds is 6. The van der Waals surface area contributed by atoms with Gasteiger partial charge in [-0.3, -0.25) is 0 Å². The third kappa shape index (κ3) is 3.48. The molecule has 0 aliphatic heterocycles. The van der Waals surface area contributed by atoms with E-state index in [0.29, 0.717) is 17.4 Å². The van der Waals surface area contributed by atoms with E-state index in [0.717, 1.165) is 29.4 Å². The molecule has 0 saturated heterocycles. The summed E-state index contributed by atoms with van der Waals surface area (Å²) in [5.74, 6) is -0.394.